The summed E-state index contributed by atoms with van der Waals surface area (Å²) in [5.41, 5.74) is 1.99. The molecule has 0 bridgehead atoms. The van der Waals surface area contributed by atoms with E-state index in [4.69, 9.17) is 13.6 Å². The molecule has 2 aromatic rings. The maximum absolute atomic E-state index is 11.3. The first-order valence-corrected chi connectivity index (χ1v) is 26.1. The topological polar surface area (TPSA) is 47.9 Å². The van der Waals surface area contributed by atoms with Crippen LogP contribution in [0.3, 0.4) is 0 Å². The Kier molecular flexibility index (Phi) is 19.8. The van der Waals surface area contributed by atoms with Gasteiger partial charge in [-0.25, -0.2) is 0 Å². The zero-order valence-electron chi connectivity index (χ0n) is 34.7. The average molecular weight is 737 g/mol. The van der Waals surface area contributed by atoms with Crippen LogP contribution in [0, 0.1) is 11.8 Å². The van der Waals surface area contributed by atoms with Crippen molar-refractivity contribution >= 4 is 16.6 Å². The molecule has 0 amide bonds. The Morgan fingerprint density at radius 3 is 1.63 bits per heavy atom. The highest BCUT2D eigenvalue weighted by molar-refractivity contribution is 6.74. The number of rotatable bonds is 23. The largest absolute Gasteiger partial charge is 0.489 e. The number of hydrogen-bond donors (Lipinski definition) is 1. The molecule has 2 aromatic carbocycles. The Hall–Kier alpha value is -1.89. The van der Waals surface area contributed by atoms with Gasteiger partial charge in [-0.3, -0.25) is 0 Å². The van der Waals surface area contributed by atoms with Crippen molar-refractivity contribution in [3.05, 3.63) is 65.7 Å². The molecule has 1 N–H and O–H groups in total. The fourth-order valence-electron chi connectivity index (χ4n) is 5.78. The number of aliphatic hydroxyl groups excluding tert-OH is 1. The van der Waals surface area contributed by atoms with E-state index < -0.39 is 22.7 Å². The van der Waals surface area contributed by atoms with Crippen LogP contribution in [-0.2, 0) is 15.5 Å². The fourth-order valence-corrected chi connectivity index (χ4v) is 8.56. The molecule has 0 aliphatic carbocycles. The summed E-state index contributed by atoms with van der Waals surface area (Å²) >= 11 is 0. The van der Waals surface area contributed by atoms with Crippen LogP contribution in [0.1, 0.15) is 149 Å². The highest BCUT2D eigenvalue weighted by Crippen LogP contribution is 2.41. The number of aliphatic hydroxyl groups is 1. The normalized spacial score (nSPS) is 14.4. The summed E-state index contributed by atoms with van der Waals surface area (Å²) in [5.74, 6) is 7.15. The SMILES string of the molecule is CCCCCCCCCCCCC[C@H](C[C@@H](CC(O)C#Cc1ccc(OCc2ccccc2)cc1)O[Si](C)(C)C(C)(C)C)O[Si](C)(C)C(C)(C)C. The molecular weight excluding hydrogens is 661 g/mol. The van der Waals surface area contributed by atoms with Gasteiger partial charge in [0.1, 0.15) is 18.5 Å². The lowest BCUT2D eigenvalue weighted by Gasteiger charge is -2.43. The van der Waals surface area contributed by atoms with E-state index in [-0.39, 0.29) is 22.3 Å². The lowest BCUT2D eigenvalue weighted by molar-refractivity contribution is 0.0594. The first-order chi connectivity index (χ1) is 23.9. The second-order valence-electron chi connectivity index (χ2n) is 17.9. The molecule has 288 valence electrons. The molecule has 6 heteroatoms. The van der Waals surface area contributed by atoms with Crippen molar-refractivity contribution in [3.63, 3.8) is 0 Å². The van der Waals surface area contributed by atoms with Crippen LogP contribution in [0.5, 0.6) is 5.75 Å². The summed E-state index contributed by atoms with van der Waals surface area (Å²) in [6.45, 7) is 26.0. The lowest BCUT2D eigenvalue weighted by atomic mass is 10.00. The molecule has 0 saturated carbocycles. The third-order valence-electron chi connectivity index (χ3n) is 11.2. The van der Waals surface area contributed by atoms with E-state index in [2.05, 4.69) is 98.6 Å². The van der Waals surface area contributed by atoms with Gasteiger partial charge in [0, 0.05) is 18.1 Å². The van der Waals surface area contributed by atoms with Crippen LogP contribution in [0.15, 0.2) is 54.6 Å². The van der Waals surface area contributed by atoms with Crippen molar-refractivity contribution < 1.29 is 18.7 Å². The number of benzene rings is 2. The molecule has 0 aliphatic rings. The van der Waals surface area contributed by atoms with E-state index in [1.165, 1.54) is 70.6 Å². The van der Waals surface area contributed by atoms with Gasteiger partial charge in [0.2, 0.25) is 0 Å². The number of unbranched alkanes of at least 4 members (excludes halogenated alkanes) is 10. The molecule has 1 unspecified atom stereocenters. The molecule has 0 saturated heterocycles. The minimum absolute atomic E-state index is 0.0675. The summed E-state index contributed by atoms with van der Waals surface area (Å²) in [7, 11) is -4.11. The van der Waals surface area contributed by atoms with Gasteiger partial charge in [-0.1, -0.05) is 161 Å². The minimum Gasteiger partial charge on any atom is -0.489 e. The van der Waals surface area contributed by atoms with Crippen molar-refractivity contribution in [2.45, 2.75) is 200 Å². The molecule has 0 fully saturated rings. The molecule has 2 rings (SSSR count). The monoisotopic (exact) mass is 737 g/mol. The van der Waals surface area contributed by atoms with E-state index in [0.29, 0.717) is 13.0 Å². The van der Waals surface area contributed by atoms with Gasteiger partial charge in [0.25, 0.3) is 0 Å². The summed E-state index contributed by atoms with van der Waals surface area (Å²) in [4.78, 5) is 0. The second-order valence-corrected chi connectivity index (χ2v) is 27.4. The molecule has 0 aliphatic heterocycles. The zero-order valence-corrected chi connectivity index (χ0v) is 36.7. The molecule has 0 aromatic heterocycles. The van der Waals surface area contributed by atoms with Crippen molar-refractivity contribution in [1.82, 2.24) is 0 Å². The zero-order chi connectivity index (χ0) is 38.0. The Morgan fingerprint density at radius 2 is 1.12 bits per heavy atom. The van der Waals surface area contributed by atoms with Crippen molar-refractivity contribution in [3.8, 4) is 17.6 Å². The van der Waals surface area contributed by atoms with E-state index in [9.17, 15) is 5.11 Å². The Morgan fingerprint density at radius 1 is 0.627 bits per heavy atom. The van der Waals surface area contributed by atoms with Crippen LogP contribution in [0.25, 0.3) is 0 Å². The van der Waals surface area contributed by atoms with Gasteiger partial charge in [-0.05, 0) is 78.9 Å². The van der Waals surface area contributed by atoms with E-state index in [1.54, 1.807) is 0 Å². The Labute approximate surface area is 317 Å². The first-order valence-electron chi connectivity index (χ1n) is 20.3. The van der Waals surface area contributed by atoms with Crippen LogP contribution in [0.2, 0.25) is 36.3 Å². The van der Waals surface area contributed by atoms with E-state index >= 15 is 0 Å². The summed E-state index contributed by atoms with van der Waals surface area (Å²) in [5, 5.41) is 11.5. The predicted octanol–water partition coefficient (Wildman–Crippen LogP) is 13.2. The van der Waals surface area contributed by atoms with E-state index in [1.807, 2.05) is 42.5 Å². The van der Waals surface area contributed by atoms with Gasteiger partial charge < -0.3 is 18.7 Å². The second kappa shape index (κ2) is 22.4. The molecule has 0 radical (unpaired) electrons. The predicted molar refractivity (Wildman–Crippen MR) is 225 cm³/mol. The smallest absolute Gasteiger partial charge is 0.192 e. The molecule has 51 heavy (non-hydrogen) atoms. The van der Waals surface area contributed by atoms with Gasteiger partial charge in [0.15, 0.2) is 16.6 Å². The summed E-state index contributed by atoms with van der Waals surface area (Å²) in [6.07, 6.45) is 16.2. The summed E-state index contributed by atoms with van der Waals surface area (Å²) in [6, 6.07) is 18.0. The third kappa shape index (κ3) is 18.1. The quantitative estimate of drug-likeness (QED) is 0.0701. The Balaban J connectivity index is 2.09. The average Bonchev–Trinajstić information content (AvgIpc) is 3.04. The third-order valence-corrected chi connectivity index (χ3v) is 20.2. The number of ether oxygens (including phenoxy) is 1. The van der Waals surface area contributed by atoms with Crippen LogP contribution >= 0.6 is 0 Å². The minimum atomic E-state index is -2.11. The highest BCUT2D eigenvalue weighted by Gasteiger charge is 2.42. The molecule has 0 heterocycles. The summed E-state index contributed by atoms with van der Waals surface area (Å²) < 4.78 is 20.2. The highest BCUT2D eigenvalue weighted by atomic mass is 28.4. The molecular formula is C45H76O4Si2. The Bertz CT molecular complexity index is 1270. The molecule has 0 spiro atoms. The first kappa shape index (κ1) is 45.3. The van der Waals surface area contributed by atoms with Crippen LogP contribution in [0.4, 0.5) is 0 Å². The standard InChI is InChI=1S/C45H76O4Si2/c1-12-13-14-15-16-17-18-19-20-21-25-28-42(48-50(8,9)44(2,3)4)36-43(49-51(10,11)45(5,6)7)35-40(46)32-29-38-30-33-41(34-31-38)47-37-39-26-23-22-24-27-39/h22-24,26-27,30-31,33-34,40,42-43,46H,12-21,25,28,35-37H2,1-11H3/t40?,42-,43-/m1/s1. The van der Waals surface area contributed by atoms with Gasteiger partial charge in [-0.2, -0.15) is 0 Å². The van der Waals surface area contributed by atoms with Crippen LogP contribution in [-0.4, -0.2) is 40.1 Å². The maximum Gasteiger partial charge on any atom is 0.192 e. The molecule has 3 atom stereocenters. The fraction of sp³-hybridized carbons (Fsp3) is 0.689. The van der Waals surface area contributed by atoms with Crippen molar-refractivity contribution in [1.29, 1.82) is 0 Å². The van der Waals surface area contributed by atoms with Gasteiger partial charge in [-0.15, -0.1) is 0 Å². The van der Waals surface area contributed by atoms with Gasteiger partial charge in [0.05, 0.1) is 6.10 Å². The lowest BCUT2D eigenvalue weighted by Crippen LogP contribution is -2.47. The van der Waals surface area contributed by atoms with Gasteiger partial charge >= 0.3 is 0 Å². The molecule has 4 nitrogen and oxygen atoms in total. The maximum atomic E-state index is 11.3. The van der Waals surface area contributed by atoms with E-state index in [0.717, 1.165) is 29.7 Å². The van der Waals surface area contributed by atoms with Crippen molar-refractivity contribution in [2.75, 3.05) is 0 Å². The van der Waals surface area contributed by atoms with Crippen molar-refractivity contribution in [2.24, 2.45) is 0 Å². The number of hydrogen-bond acceptors (Lipinski definition) is 4. The van der Waals surface area contributed by atoms with Crippen LogP contribution < -0.4 is 4.74 Å².